The van der Waals surface area contributed by atoms with E-state index in [2.05, 4.69) is 4.98 Å². The Morgan fingerprint density at radius 1 is 1.33 bits per heavy atom. The average Bonchev–Trinajstić information content (AvgIpc) is 2.72. The second-order valence-corrected chi connectivity index (χ2v) is 8.62. The van der Waals surface area contributed by atoms with E-state index in [1.165, 1.54) is 0 Å². The van der Waals surface area contributed by atoms with Crippen LogP contribution in [0.15, 0.2) is 12.4 Å². The first-order valence-electron chi connectivity index (χ1n) is 5.81. The van der Waals surface area contributed by atoms with E-state index in [1.54, 1.807) is 30.8 Å². The third-order valence-corrected chi connectivity index (χ3v) is 6.61. The van der Waals surface area contributed by atoms with Gasteiger partial charge in [-0.25, -0.2) is 4.98 Å². The quantitative estimate of drug-likeness (QED) is 0.420. The summed E-state index contributed by atoms with van der Waals surface area (Å²) in [4.78, 5) is 39.7. The monoisotopic (exact) mass is 344 g/mol. The van der Waals surface area contributed by atoms with Crippen LogP contribution in [0.25, 0.3) is 0 Å². The summed E-state index contributed by atoms with van der Waals surface area (Å²) in [6, 6.07) is -0.301. The molecule has 122 valence electrons. The summed E-state index contributed by atoms with van der Waals surface area (Å²) in [5.74, 6) is 0.673. The number of aryl methyl sites for hydroxylation is 1. The van der Waals surface area contributed by atoms with Crippen molar-refractivity contribution in [2.75, 3.05) is 13.2 Å². The zero-order chi connectivity index (χ0) is 16.5. The van der Waals surface area contributed by atoms with Crippen molar-refractivity contribution in [1.82, 2.24) is 9.55 Å². The highest BCUT2D eigenvalue weighted by molar-refractivity contribution is 7.72. The Morgan fingerprint density at radius 3 is 2.24 bits per heavy atom. The number of hydrogen-bond donors (Lipinski definition) is 5. The molecule has 0 aliphatic rings. The molecule has 0 aliphatic heterocycles. The average molecular weight is 344 g/mol. The van der Waals surface area contributed by atoms with E-state index in [0.29, 0.717) is 5.82 Å². The number of aliphatic hydroxyl groups is 1. The van der Waals surface area contributed by atoms with Crippen molar-refractivity contribution in [2.24, 2.45) is 0 Å². The SMILES string of the molecule is Cc1nccn1[C@@H](C)COCC(O)(P(=O)(O)O)P(=O)(O)O. The fourth-order valence-corrected chi connectivity index (χ4v) is 3.51. The van der Waals surface area contributed by atoms with Crippen LogP contribution in [-0.2, 0) is 13.9 Å². The summed E-state index contributed by atoms with van der Waals surface area (Å²) >= 11 is 0. The molecule has 0 amide bonds. The molecule has 1 aromatic heterocycles. The van der Waals surface area contributed by atoms with Crippen LogP contribution in [0, 0.1) is 6.92 Å². The Bertz CT molecular complexity index is 554. The minimum Gasteiger partial charge on any atom is -0.375 e. The molecule has 0 fully saturated rings. The molecule has 0 saturated heterocycles. The van der Waals surface area contributed by atoms with E-state index in [1.807, 2.05) is 0 Å². The molecular formula is C9H18N2O8P2. The van der Waals surface area contributed by atoms with E-state index in [9.17, 15) is 14.2 Å². The normalized spacial score (nSPS) is 15.2. The van der Waals surface area contributed by atoms with Crippen molar-refractivity contribution in [3.05, 3.63) is 18.2 Å². The Labute approximate surface area is 120 Å². The van der Waals surface area contributed by atoms with Crippen molar-refractivity contribution in [3.63, 3.8) is 0 Å². The van der Waals surface area contributed by atoms with Crippen LogP contribution in [0.5, 0.6) is 0 Å². The maximum absolute atomic E-state index is 11.1. The fraction of sp³-hybridized carbons (Fsp3) is 0.667. The van der Waals surface area contributed by atoms with Gasteiger partial charge in [0.25, 0.3) is 5.08 Å². The zero-order valence-corrected chi connectivity index (χ0v) is 13.2. The van der Waals surface area contributed by atoms with Crippen molar-refractivity contribution >= 4 is 15.2 Å². The van der Waals surface area contributed by atoms with Gasteiger partial charge in [0.05, 0.1) is 19.3 Å². The summed E-state index contributed by atoms with van der Waals surface area (Å²) < 4.78 is 28.8. The third-order valence-electron chi connectivity index (χ3n) is 2.92. The van der Waals surface area contributed by atoms with Gasteiger partial charge in [0.1, 0.15) is 5.82 Å². The summed E-state index contributed by atoms with van der Waals surface area (Å²) in [7, 11) is -11.0. The van der Waals surface area contributed by atoms with Gasteiger partial charge in [-0.1, -0.05) is 0 Å². The molecule has 1 heterocycles. The maximum atomic E-state index is 11.1. The Hall–Kier alpha value is -0.570. The van der Waals surface area contributed by atoms with Crippen molar-refractivity contribution in [1.29, 1.82) is 0 Å². The molecule has 0 bridgehead atoms. The Balaban J connectivity index is 2.75. The van der Waals surface area contributed by atoms with Crippen LogP contribution >= 0.6 is 15.2 Å². The molecule has 1 aromatic rings. The molecule has 0 saturated carbocycles. The van der Waals surface area contributed by atoms with Gasteiger partial charge in [0.2, 0.25) is 0 Å². The lowest BCUT2D eigenvalue weighted by Crippen LogP contribution is -2.35. The summed E-state index contributed by atoms with van der Waals surface area (Å²) in [6.07, 6.45) is 3.20. The van der Waals surface area contributed by atoms with Crippen molar-refractivity contribution in [2.45, 2.75) is 25.0 Å². The summed E-state index contributed by atoms with van der Waals surface area (Å²) in [5.41, 5.74) is 0. The number of aromatic nitrogens is 2. The first-order valence-corrected chi connectivity index (χ1v) is 9.03. The highest BCUT2D eigenvalue weighted by Crippen LogP contribution is 2.67. The van der Waals surface area contributed by atoms with Gasteiger partial charge >= 0.3 is 15.2 Å². The van der Waals surface area contributed by atoms with Gasteiger partial charge in [-0.2, -0.15) is 0 Å². The van der Waals surface area contributed by atoms with Gasteiger partial charge in [0.15, 0.2) is 0 Å². The molecule has 0 radical (unpaired) electrons. The van der Waals surface area contributed by atoms with Crippen LogP contribution in [0.4, 0.5) is 0 Å². The van der Waals surface area contributed by atoms with Crippen molar-refractivity contribution < 1.29 is 38.5 Å². The summed E-state index contributed by atoms with van der Waals surface area (Å²) in [5, 5.41) is 6.06. The molecule has 1 rings (SSSR count). The minimum absolute atomic E-state index is 0.125. The van der Waals surface area contributed by atoms with E-state index in [4.69, 9.17) is 24.3 Å². The van der Waals surface area contributed by atoms with Gasteiger partial charge in [-0.15, -0.1) is 0 Å². The van der Waals surface area contributed by atoms with Gasteiger partial charge in [0, 0.05) is 12.4 Å². The maximum Gasteiger partial charge on any atom is 0.371 e. The molecular weight excluding hydrogens is 326 g/mol. The molecule has 1 atom stereocenters. The highest BCUT2D eigenvalue weighted by Gasteiger charge is 2.59. The molecule has 12 heteroatoms. The molecule has 0 aliphatic carbocycles. The Morgan fingerprint density at radius 2 is 1.86 bits per heavy atom. The van der Waals surface area contributed by atoms with Gasteiger partial charge < -0.3 is 34.0 Å². The lowest BCUT2D eigenvalue weighted by molar-refractivity contribution is 0.0151. The second kappa shape index (κ2) is 6.28. The molecule has 21 heavy (non-hydrogen) atoms. The minimum atomic E-state index is -5.49. The number of ether oxygens (including phenoxy) is 1. The van der Waals surface area contributed by atoms with E-state index >= 15 is 0 Å². The number of nitrogens with zero attached hydrogens (tertiary/aromatic N) is 2. The predicted molar refractivity (Wildman–Crippen MR) is 71.5 cm³/mol. The van der Waals surface area contributed by atoms with E-state index in [0.717, 1.165) is 0 Å². The fourth-order valence-electron chi connectivity index (χ4n) is 1.64. The third kappa shape index (κ3) is 4.00. The topological polar surface area (TPSA) is 162 Å². The molecule has 0 spiro atoms. The van der Waals surface area contributed by atoms with Crippen LogP contribution in [0.2, 0.25) is 0 Å². The largest absolute Gasteiger partial charge is 0.375 e. The van der Waals surface area contributed by atoms with Gasteiger partial charge in [-0.3, -0.25) is 9.13 Å². The summed E-state index contributed by atoms with van der Waals surface area (Å²) in [6.45, 7) is 2.12. The standard InChI is InChI=1S/C9H18N2O8P2/c1-7(11-4-3-10-8(11)2)5-19-6-9(12,20(13,14)15)21(16,17)18/h3-4,7,12H,5-6H2,1-2H3,(H2,13,14,15)(H2,16,17,18)/t7-/m0/s1. The van der Waals surface area contributed by atoms with Crippen LogP contribution in [0.1, 0.15) is 18.8 Å². The molecule has 10 nitrogen and oxygen atoms in total. The lowest BCUT2D eigenvalue weighted by Gasteiger charge is -2.29. The molecule has 0 unspecified atom stereocenters. The molecule has 5 N–H and O–H groups in total. The highest BCUT2D eigenvalue weighted by atomic mass is 31.2. The van der Waals surface area contributed by atoms with Crippen LogP contribution < -0.4 is 0 Å². The predicted octanol–water partition coefficient (Wildman–Crippen LogP) is -0.229. The number of rotatable bonds is 7. The lowest BCUT2D eigenvalue weighted by atomic mass is 10.3. The Kier molecular flexibility index (Phi) is 5.52. The first-order chi connectivity index (χ1) is 9.40. The zero-order valence-electron chi connectivity index (χ0n) is 11.4. The van der Waals surface area contributed by atoms with Crippen LogP contribution in [-0.4, -0.2) is 52.5 Å². The smallest absolute Gasteiger partial charge is 0.371 e. The van der Waals surface area contributed by atoms with Gasteiger partial charge in [-0.05, 0) is 13.8 Å². The number of hydrogen-bond acceptors (Lipinski definition) is 5. The van der Waals surface area contributed by atoms with E-state index in [-0.39, 0.29) is 12.6 Å². The van der Waals surface area contributed by atoms with Crippen molar-refractivity contribution in [3.8, 4) is 0 Å². The van der Waals surface area contributed by atoms with E-state index < -0.39 is 26.9 Å². The number of imidazole rings is 1. The van der Waals surface area contributed by atoms with Crippen LogP contribution in [0.3, 0.4) is 0 Å². The molecule has 0 aromatic carbocycles. The second-order valence-electron chi connectivity index (χ2n) is 4.61. The first kappa shape index (κ1) is 18.5.